The van der Waals surface area contributed by atoms with E-state index in [4.69, 9.17) is 4.42 Å². The van der Waals surface area contributed by atoms with Gasteiger partial charge in [-0.2, -0.15) is 0 Å². The fraction of sp³-hybridized carbons (Fsp3) is 0.600. The normalized spacial score (nSPS) is 19.6. The Bertz CT molecular complexity index is 371. The van der Waals surface area contributed by atoms with Gasteiger partial charge in [0.25, 0.3) is 0 Å². The van der Waals surface area contributed by atoms with Crippen molar-refractivity contribution in [2.75, 3.05) is 26.2 Å². The fourth-order valence-corrected chi connectivity index (χ4v) is 1.91. The molecule has 2 rings (SSSR count). The summed E-state index contributed by atoms with van der Waals surface area (Å²) in [6.07, 6.45) is 0. The number of nitrogens with zero attached hydrogens (tertiary/aromatic N) is 2. The van der Waals surface area contributed by atoms with Crippen molar-refractivity contribution in [3.05, 3.63) is 28.0 Å². The lowest BCUT2D eigenvalue weighted by atomic mass is 10.2. The lowest BCUT2D eigenvalue weighted by molar-refractivity contribution is -0.402. The highest BCUT2D eigenvalue weighted by Crippen LogP contribution is 2.25. The van der Waals surface area contributed by atoms with Crippen molar-refractivity contribution in [1.29, 1.82) is 0 Å². The number of hydrogen-bond donors (Lipinski definition) is 1. The van der Waals surface area contributed by atoms with Crippen molar-refractivity contribution in [3.8, 4) is 0 Å². The smallest absolute Gasteiger partial charge is 0.404 e. The molecule has 1 saturated heterocycles. The molecule has 0 unspecified atom stereocenters. The molecule has 16 heavy (non-hydrogen) atoms. The molecule has 1 aromatic heterocycles. The molecule has 1 N–H and O–H groups in total. The van der Waals surface area contributed by atoms with Gasteiger partial charge < -0.3 is 9.73 Å². The monoisotopic (exact) mass is 225 g/mol. The van der Waals surface area contributed by atoms with E-state index in [0.717, 1.165) is 26.2 Å². The van der Waals surface area contributed by atoms with E-state index in [9.17, 15) is 10.1 Å². The van der Waals surface area contributed by atoms with Crippen LogP contribution in [0.5, 0.6) is 0 Å². The van der Waals surface area contributed by atoms with Crippen LogP contribution in [0.15, 0.2) is 16.5 Å². The zero-order chi connectivity index (χ0) is 11.5. The zero-order valence-corrected chi connectivity index (χ0v) is 9.18. The van der Waals surface area contributed by atoms with E-state index in [1.54, 1.807) is 6.07 Å². The van der Waals surface area contributed by atoms with Crippen molar-refractivity contribution in [1.82, 2.24) is 10.2 Å². The molecule has 1 atom stereocenters. The van der Waals surface area contributed by atoms with E-state index in [1.165, 1.54) is 6.07 Å². The SMILES string of the molecule is C[C@H](c1ccc([N+](=O)[O-])o1)N1CCNCC1. The summed E-state index contributed by atoms with van der Waals surface area (Å²) in [5, 5.41) is 13.8. The Morgan fingerprint density at radius 1 is 1.50 bits per heavy atom. The molecule has 0 bridgehead atoms. The van der Waals surface area contributed by atoms with Gasteiger partial charge in [0.15, 0.2) is 0 Å². The minimum absolute atomic E-state index is 0.0933. The van der Waals surface area contributed by atoms with Crippen LogP contribution in [0.3, 0.4) is 0 Å². The van der Waals surface area contributed by atoms with Crippen molar-refractivity contribution in [3.63, 3.8) is 0 Å². The van der Waals surface area contributed by atoms with Crippen LogP contribution < -0.4 is 5.32 Å². The second-order valence-corrected chi connectivity index (χ2v) is 3.90. The topological polar surface area (TPSA) is 71.5 Å². The van der Waals surface area contributed by atoms with Gasteiger partial charge in [-0.3, -0.25) is 15.0 Å². The summed E-state index contributed by atoms with van der Waals surface area (Å²) in [7, 11) is 0. The van der Waals surface area contributed by atoms with Crippen molar-refractivity contribution < 1.29 is 9.34 Å². The van der Waals surface area contributed by atoms with E-state index in [2.05, 4.69) is 10.2 Å². The molecule has 0 aliphatic carbocycles. The average Bonchev–Trinajstić information content (AvgIpc) is 2.78. The van der Waals surface area contributed by atoms with E-state index >= 15 is 0 Å². The standard InChI is InChI=1S/C10H15N3O3/c1-8(12-6-4-11-5-7-12)9-2-3-10(16-9)13(14)15/h2-3,8,11H,4-7H2,1H3/t8-/m1/s1. The Balaban J connectivity index is 2.07. The Hall–Kier alpha value is -1.40. The van der Waals surface area contributed by atoms with Gasteiger partial charge in [-0.05, 0) is 13.0 Å². The molecule has 1 fully saturated rings. The van der Waals surface area contributed by atoms with Crippen molar-refractivity contribution in [2.24, 2.45) is 0 Å². The summed E-state index contributed by atoms with van der Waals surface area (Å²) >= 11 is 0. The fourth-order valence-electron chi connectivity index (χ4n) is 1.91. The van der Waals surface area contributed by atoms with Crippen LogP contribution in [0.2, 0.25) is 0 Å². The van der Waals surface area contributed by atoms with E-state index in [-0.39, 0.29) is 11.9 Å². The first kappa shape index (κ1) is 11.1. The average molecular weight is 225 g/mol. The minimum Gasteiger partial charge on any atom is -0.404 e. The van der Waals surface area contributed by atoms with Gasteiger partial charge >= 0.3 is 5.88 Å². The number of piperazine rings is 1. The van der Waals surface area contributed by atoms with E-state index in [1.807, 2.05) is 6.92 Å². The van der Waals surface area contributed by atoms with Gasteiger partial charge in [0.05, 0.1) is 12.1 Å². The number of rotatable bonds is 3. The van der Waals surface area contributed by atoms with Gasteiger partial charge in [0.1, 0.15) is 10.7 Å². The first-order valence-corrected chi connectivity index (χ1v) is 5.37. The maximum atomic E-state index is 10.5. The molecule has 2 heterocycles. The number of nitro groups is 1. The largest absolute Gasteiger partial charge is 0.433 e. The lowest BCUT2D eigenvalue weighted by Gasteiger charge is -2.31. The predicted molar refractivity (Wildman–Crippen MR) is 58.2 cm³/mol. The maximum Gasteiger partial charge on any atom is 0.433 e. The van der Waals surface area contributed by atoms with E-state index < -0.39 is 4.92 Å². The Kier molecular flexibility index (Phi) is 3.21. The zero-order valence-electron chi connectivity index (χ0n) is 9.18. The predicted octanol–water partition coefficient (Wildman–Crippen LogP) is 1.15. The third-order valence-corrected chi connectivity index (χ3v) is 2.90. The van der Waals surface area contributed by atoms with Crippen molar-refractivity contribution >= 4 is 5.88 Å². The molecular weight excluding hydrogens is 210 g/mol. The Labute approximate surface area is 93.4 Å². The minimum atomic E-state index is -0.506. The van der Waals surface area contributed by atoms with Gasteiger partial charge in [0, 0.05) is 26.2 Å². The molecule has 1 aliphatic heterocycles. The Morgan fingerprint density at radius 2 is 2.19 bits per heavy atom. The van der Waals surface area contributed by atoms with Crippen LogP contribution in [0.1, 0.15) is 18.7 Å². The summed E-state index contributed by atoms with van der Waals surface area (Å²) in [5.74, 6) is 0.477. The molecule has 0 aromatic carbocycles. The van der Waals surface area contributed by atoms with Crippen LogP contribution in [0.4, 0.5) is 5.88 Å². The molecule has 1 aromatic rings. The number of nitrogens with one attached hydrogen (secondary N) is 1. The van der Waals surface area contributed by atoms with Crippen LogP contribution in [-0.4, -0.2) is 36.0 Å². The summed E-state index contributed by atoms with van der Waals surface area (Å²) < 4.78 is 5.20. The molecule has 1 aliphatic rings. The van der Waals surface area contributed by atoms with Crippen molar-refractivity contribution in [2.45, 2.75) is 13.0 Å². The number of furan rings is 1. The second-order valence-electron chi connectivity index (χ2n) is 3.90. The molecule has 0 spiro atoms. The first-order chi connectivity index (χ1) is 7.68. The highest BCUT2D eigenvalue weighted by Gasteiger charge is 2.22. The quantitative estimate of drug-likeness (QED) is 0.617. The highest BCUT2D eigenvalue weighted by molar-refractivity contribution is 5.19. The molecule has 0 saturated carbocycles. The van der Waals surface area contributed by atoms with Crippen LogP contribution in [0.25, 0.3) is 0 Å². The van der Waals surface area contributed by atoms with E-state index in [0.29, 0.717) is 5.76 Å². The third-order valence-electron chi connectivity index (χ3n) is 2.90. The molecule has 0 radical (unpaired) electrons. The molecule has 6 heteroatoms. The lowest BCUT2D eigenvalue weighted by Crippen LogP contribution is -2.44. The summed E-state index contributed by atoms with van der Waals surface area (Å²) in [6.45, 7) is 5.79. The second kappa shape index (κ2) is 4.63. The highest BCUT2D eigenvalue weighted by atomic mass is 16.6. The summed E-state index contributed by atoms with van der Waals surface area (Å²) in [6, 6.07) is 3.19. The van der Waals surface area contributed by atoms with Gasteiger partial charge in [-0.1, -0.05) is 0 Å². The van der Waals surface area contributed by atoms with Gasteiger partial charge in [0.2, 0.25) is 0 Å². The van der Waals surface area contributed by atoms with Crippen LogP contribution in [0, 0.1) is 10.1 Å². The van der Waals surface area contributed by atoms with Crippen LogP contribution >= 0.6 is 0 Å². The number of hydrogen-bond acceptors (Lipinski definition) is 5. The van der Waals surface area contributed by atoms with Crippen LogP contribution in [-0.2, 0) is 0 Å². The maximum absolute atomic E-state index is 10.5. The Morgan fingerprint density at radius 3 is 2.75 bits per heavy atom. The summed E-state index contributed by atoms with van der Waals surface area (Å²) in [5.41, 5.74) is 0. The molecule has 0 amide bonds. The molecule has 6 nitrogen and oxygen atoms in total. The first-order valence-electron chi connectivity index (χ1n) is 5.37. The third kappa shape index (κ3) is 2.23. The molecular formula is C10H15N3O3. The van der Waals surface area contributed by atoms with Gasteiger partial charge in [-0.25, -0.2) is 0 Å². The van der Waals surface area contributed by atoms with Gasteiger partial charge in [-0.15, -0.1) is 0 Å². The summed E-state index contributed by atoms with van der Waals surface area (Å²) in [4.78, 5) is 12.2. The molecule has 88 valence electrons.